The van der Waals surface area contributed by atoms with Crippen molar-refractivity contribution in [3.8, 4) is 0 Å². The highest BCUT2D eigenvalue weighted by Gasteiger charge is 2.54. The van der Waals surface area contributed by atoms with Crippen LogP contribution in [0.4, 0.5) is 5.82 Å². The fourth-order valence-electron chi connectivity index (χ4n) is 4.65. The lowest BCUT2D eigenvalue weighted by molar-refractivity contribution is -0.171. The van der Waals surface area contributed by atoms with Gasteiger partial charge in [-0.05, 0) is 37.3 Å². The van der Waals surface area contributed by atoms with Crippen LogP contribution in [0.1, 0.15) is 45.4 Å². The quantitative estimate of drug-likeness (QED) is 0.719. The summed E-state index contributed by atoms with van der Waals surface area (Å²) in [5.74, 6) is 0.0312. The maximum atomic E-state index is 12.4. The minimum absolute atomic E-state index is 0.00470. The molecular formula is C20H28N4O5. The molecule has 0 spiro atoms. The third-order valence-electron chi connectivity index (χ3n) is 6.11. The summed E-state index contributed by atoms with van der Waals surface area (Å²) in [5, 5.41) is 15.1. The van der Waals surface area contributed by atoms with Gasteiger partial charge >= 0.3 is 5.97 Å². The van der Waals surface area contributed by atoms with Gasteiger partial charge in [-0.1, -0.05) is 13.8 Å². The predicted octanol–water partition coefficient (Wildman–Crippen LogP) is 1.50. The number of aliphatic hydroxyl groups is 1. The predicted molar refractivity (Wildman–Crippen MR) is 104 cm³/mol. The first-order valence-corrected chi connectivity index (χ1v) is 9.79. The van der Waals surface area contributed by atoms with E-state index in [2.05, 4.69) is 23.9 Å². The number of nitrogens with zero attached hydrogens (tertiary/aromatic N) is 3. The zero-order valence-corrected chi connectivity index (χ0v) is 17.2. The Labute approximate surface area is 169 Å². The first kappa shape index (κ1) is 20.1. The molecule has 1 saturated carbocycles. The van der Waals surface area contributed by atoms with Gasteiger partial charge in [0.1, 0.15) is 42.4 Å². The molecule has 2 aromatic rings. The molecule has 4 atom stereocenters. The maximum Gasteiger partial charge on any atom is 0.309 e. The fourth-order valence-corrected chi connectivity index (χ4v) is 4.65. The van der Waals surface area contributed by atoms with E-state index in [-0.39, 0.29) is 23.9 Å². The van der Waals surface area contributed by atoms with Gasteiger partial charge in [-0.15, -0.1) is 0 Å². The smallest absolute Gasteiger partial charge is 0.309 e. The van der Waals surface area contributed by atoms with Crippen molar-refractivity contribution in [1.82, 2.24) is 14.6 Å². The molecule has 1 aliphatic heterocycles. The number of esters is 1. The third kappa shape index (κ3) is 3.37. The van der Waals surface area contributed by atoms with Crippen molar-refractivity contribution in [2.24, 2.45) is 11.3 Å². The van der Waals surface area contributed by atoms with Gasteiger partial charge in [0, 0.05) is 7.11 Å². The van der Waals surface area contributed by atoms with Crippen LogP contribution in [0.25, 0.3) is 5.52 Å². The van der Waals surface area contributed by atoms with Gasteiger partial charge in [-0.2, -0.15) is 5.10 Å². The highest BCUT2D eigenvalue weighted by Crippen LogP contribution is 2.46. The molecule has 2 fully saturated rings. The van der Waals surface area contributed by atoms with Crippen LogP contribution < -0.4 is 5.73 Å². The summed E-state index contributed by atoms with van der Waals surface area (Å²) in [6.07, 6.45) is 0.619. The Kier molecular flexibility index (Phi) is 4.79. The number of nitrogen functional groups attached to an aromatic ring is 1. The van der Waals surface area contributed by atoms with Crippen LogP contribution >= 0.6 is 0 Å². The molecule has 0 unspecified atom stereocenters. The van der Waals surface area contributed by atoms with Crippen LogP contribution in [-0.2, 0) is 19.0 Å². The molecule has 158 valence electrons. The summed E-state index contributed by atoms with van der Waals surface area (Å²) in [5.41, 5.74) is 6.33. The molecule has 3 heterocycles. The summed E-state index contributed by atoms with van der Waals surface area (Å²) >= 11 is 0. The molecule has 9 nitrogen and oxygen atoms in total. The van der Waals surface area contributed by atoms with E-state index in [4.69, 9.17) is 19.9 Å². The van der Waals surface area contributed by atoms with Crippen molar-refractivity contribution in [2.75, 3.05) is 19.5 Å². The van der Waals surface area contributed by atoms with Crippen molar-refractivity contribution in [1.29, 1.82) is 0 Å². The topological polar surface area (TPSA) is 121 Å². The van der Waals surface area contributed by atoms with Crippen molar-refractivity contribution >= 4 is 17.3 Å². The summed E-state index contributed by atoms with van der Waals surface area (Å²) in [6.45, 7) is 6.05. The largest absolute Gasteiger partial charge is 0.462 e. The molecular weight excluding hydrogens is 376 g/mol. The highest BCUT2D eigenvalue weighted by molar-refractivity contribution is 5.73. The highest BCUT2D eigenvalue weighted by atomic mass is 16.6. The molecule has 4 rings (SSSR count). The first-order chi connectivity index (χ1) is 13.6. The molecule has 1 aliphatic carbocycles. The zero-order chi connectivity index (χ0) is 21.0. The van der Waals surface area contributed by atoms with Crippen molar-refractivity contribution < 1.29 is 24.1 Å². The van der Waals surface area contributed by atoms with Gasteiger partial charge in [0.05, 0.1) is 11.6 Å². The van der Waals surface area contributed by atoms with Crippen LogP contribution in [0.5, 0.6) is 0 Å². The second-order valence-electron chi connectivity index (χ2n) is 9.08. The van der Waals surface area contributed by atoms with Crippen LogP contribution in [0.3, 0.4) is 0 Å². The van der Waals surface area contributed by atoms with Gasteiger partial charge in [0.15, 0.2) is 5.82 Å². The monoisotopic (exact) mass is 404 g/mol. The third-order valence-corrected chi connectivity index (χ3v) is 6.11. The lowest BCUT2D eigenvalue weighted by atomic mass is 9.64. The summed E-state index contributed by atoms with van der Waals surface area (Å²) < 4.78 is 18.9. The Morgan fingerprint density at radius 3 is 2.76 bits per heavy atom. The number of hydrogen-bond donors (Lipinski definition) is 2. The first-order valence-electron chi connectivity index (χ1n) is 9.79. The Morgan fingerprint density at radius 2 is 2.10 bits per heavy atom. The molecule has 2 aromatic heterocycles. The van der Waals surface area contributed by atoms with E-state index in [1.54, 1.807) is 23.6 Å². The number of carbonyl (C=O) groups excluding carboxylic acids is 1. The van der Waals surface area contributed by atoms with E-state index in [0.29, 0.717) is 17.0 Å². The second kappa shape index (κ2) is 6.93. The van der Waals surface area contributed by atoms with E-state index >= 15 is 0 Å². The second-order valence-corrected chi connectivity index (χ2v) is 9.08. The van der Waals surface area contributed by atoms with E-state index in [1.807, 2.05) is 0 Å². The van der Waals surface area contributed by atoms with Gasteiger partial charge in [-0.3, -0.25) is 4.79 Å². The molecule has 0 amide bonds. The summed E-state index contributed by atoms with van der Waals surface area (Å²) in [7, 11) is 1.50. The van der Waals surface area contributed by atoms with E-state index in [9.17, 15) is 9.90 Å². The molecule has 0 bridgehead atoms. The lowest BCUT2D eigenvalue weighted by Gasteiger charge is -2.41. The number of rotatable bonds is 5. The Morgan fingerprint density at radius 1 is 1.38 bits per heavy atom. The minimum Gasteiger partial charge on any atom is -0.462 e. The molecule has 0 radical (unpaired) electrons. The van der Waals surface area contributed by atoms with Gasteiger partial charge in [0.2, 0.25) is 0 Å². The number of hydrogen-bond acceptors (Lipinski definition) is 8. The van der Waals surface area contributed by atoms with Crippen LogP contribution in [-0.4, -0.2) is 57.2 Å². The standard InChI is InChI=1S/C20H28N4O5/c1-19(2)7-11(8-19)18(26)28-9-20(3)16(27-4)14(25)15(29-20)12-5-6-13-17(21)22-10-23-24(12)13/h5-6,10-11,14-16,25H,7-9H2,1-4H3,(H2,21,22,23)/t14-,15-,16-,20+/m0/s1. The van der Waals surface area contributed by atoms with Gasteiger partial charge in [0.25, 0.3) is 0 Å². The van der Waals surface area contributed by atoms with E-state index < -0.39 is 23.9 Å². The molecule has 1 saturated heterocycles. The zero-order valence-electron chi connectivity index (χ0n) is 17.2. The number of carbonyl (C=O) groups is 1. The number of aliphatic hydroxyl groups excluding tert-OH is 1. The Hall–Kier alpha value is -2.23. The number of ether oxygens (including phenoxy) is 3. The van der Waals surface area contributed by atoms with Crippen LogP contribution in [0.15, 0.2) is 18.5 Å². The maximum absolute atomic E-state index is 12.4. The Balaban J connectivity index is 1.52. The molecule has 9 heteroatoms. The molecule has 2 aliphatic rings. The fraction of sp³-hybridized carbons (Fsp3) is 0.650. The molecule has 29 heavy (non-hydrogen) atoms. The average molecular weight is 404 g/mol. The molecule has 0 aromatic carbocycles. The van der Waals surface area contributed by atoms with Crippen LogP contribution in [0, 0.1) is 11.3 Å². The number of fused-ring (bicyclic) bond motifs is 1. The Bertz CT molecular complexity index is 921. The average Bonchev–Trinajstić information content (AvgIpc) is 3.17. The van der Waals surface area contributed by atoms with Crippen LogP contribution in [0.2, 0.25) is 0 Å². The van der Waals surface area contributed by atoms with Crippen molar-refractivity contribution in [3.63, 3.8) is 0 Å². The van der Waals surface area contributed by atoms with Gasteiger partial charge < -0.3 is 25.1 Å². The minimum atomic E-state index is -1.00. The van der Waals surface area contributed by atoms with E-state index in [1.165, 1.54) is 13.4 Å². The summed E-state index contributed by atoms with van der Waals surface area (Å²) in [6, 6.07) is 3.56. The normalized spacial score (nSPS) is 31.7. The summed E-state index contributed by atoms with van der Waals surface area (Å²) in [4.78, 5) is 16.4. The number of aromatic nitrogens is 3. The van der Waals surface area contributed by atoms with Gasteiger partial charge in [-0.25, -0.2) is 9.50 Å². The van der Waals surface area contributed by atoms with E-state index in [0.717, 1.165) is 12.8 Å². The number of nitrogens with two attached hydrogens (primary N) is 1. The number of anilines is 1. The SMILES string of the molecule is CO[C@H]1[C@@H](O)[C@H](c2ccc3c(N)ncnn23)O[C@]1(C)COC(=O)C1CC(C)(C)C1. The van der Waals surface area contributed by atoms with Crippen molar-refractivity contribution in [3.05, 3.63) is 24.2 Å². The lowest BCUT2D eigenvalue weighted by Crippen LogP contribution is -2.47. The van der Waals surface area contributed by atoms with Crippen molar-refractivity contribution in [2.45, 2.75) is 57.5 Å². The number of methoxy groups -OCH3 is 1. The molecule has 3 N–H and O–H groups in total.